The molecule has 0 aliphatic carbocycles. The van der Waals surface area contributed by atoms with Crippen molar-refractivity contribution >= 4 is 24.1 Å². The molecule has 0 radical (unpaired) electrons. The first-order valence-corrected chi connectivity index (χ1v) is 5.60. The second-order valence-electron chi connectivity index (χ2n) is 3.86. The number of hydrogen-bond acceptors (Lipinski definition) is 5. The number of aliphatic carboxylic acids is 1. The van der Waals surface area contributed by atoms with E-state index in [0.29, 0.717) is 0 Å². The monoisotopic (exact) mass is 260 g/mol. The van der Waals surface area contributed by atoms with Crippen molar-refractivity contribution in [2.75, 3.05) is 0 Å². The molecule has 1 heterocycles. The lowest BCUT2D eigenvalue weighted by molar-refractivity contribution is -0.139. The third kappa shape index (κ3) is 3.63. The van der Waals surface area contributed by atoms with E-state index in [-0.39, 0.29) is 12.4 Å². The van der Waals surface area contributed by atoms with E-state index >= 15 is 0 Å². The maximum Gasteiger partial charge on any atom is 0.306 e. The normalized spacial score (nSPS) is 18.2. The second-order valence-corrected chi connectivity index (χ2v) is 3.86. The highest BCUT2D eigenvalue weighted by molar-refractivity contribution is 6.06. The summed E-state index contributed by atoms with van der Waals surface area (Å²) in [5.74, 6) is -1.36. The van der Waals surface area contributed by atoms with E-state index < -0.39 is 17.9 Å². The zero-order chi connectivity index (χ0) is 13.7. The number of hydrogen-bond donors (Lipinski definition) is 3. The molecule has 0 saturated carbocycles. The molecule has 0 spiro atoms. The van der Waals surface area contributed by atoms with E-state index in [9.17, 15) is 9.59 Å². The average molecular weight is 260 g/mol. The van der Waals surface area contributed by atoms with Crippen LogP contribution in [0.1, 0.15) is 12.0 Å². The summed E-state index contributed by atoms with van der Waals surface area (Å²) in [4.78, 5) is 25.8. The fourth-order valence-corrected chi connectivity index (χ4v) is 1.51. The number of carbonyl (C=O) groups is 2. The highest BCUT2D eigenvalue weighted by Crippen LogP contribution is 2.04. The summed E-state index contributed by atoms with van der Waals surface area (Å²) in [6.45, 7) is 0. The van der Waals surface area contributed by atoms with E-state index in [1.54, 1.807) is 6.21 Å². The van der Waals surface area contributed by atoms with Crippen LogP contribution in [0.2, 0.25) is 0 Å². The van der Waals surface area contributed by atoms with Gasteiger partial charge in [-0.25, -0.2) is 10.4 Å². The molecule has 1 atom stereocenters. The Labute approximate surface area is 109 Å². The van der Waals surface area contributed by atoms with Crippen molar-refractivity contribution in [3.05, 3.63) is 35.9 Å². The molecular weight excluding hydrogens is 248 g/mol. The summed E-state index contributed by atoms with van der Waals surface area (Å²) in [5.41, 5.74) is 3.45. The zero-order valence-corrected chi connectivity index (χ0v) is 9.91. The minimum atomic E-state index is -1.07. The standard InChI is InChI=1S/C12H12N4O3/c17-10(18)6-9-11(19)15-12(14-9)16-13-7-8-4-2-1-3-5-8/h1-5,7,9H,6H2,(H,17,18)(H2,14,15,16,19). The predicted octanol–water partition coefficient (Wildman–Crippen LogP) is -0.0608. The molecule has 98 valence electrons. The van der Waals surface area contributed by atoms with Gasteiger partial charge in [-0.1, -0.05) is 30.3 Å². The van der Waals surface area contributed by atoms with Gasteiger partial charge in [0.25, 0.3) is 5.91 Å². The summed E-state index contributed by atoms with van der Waals surface area (Å²) in [6.07, 6.45) is 1.23. The van der Waals surface area contributed by atoms with E-state index in [1.165, 1.54) is 0 Å². The van der Waals surface area contributed by atoms with Gasteiger partial charge in [-0.2, -0.15) is 5.10 Å². The van der Waals surface area contributed by atoms with Crippen LogP contribution in [0.15, 0.2) is 40.4 Å². The fraction of sp³-hybridized carbons (Fsp3) is 0.167. The molecule has 3 N–H and O–H groups in total. The summed E-state index contributed by atoms with van der Waals surface area (Å²) in [7, 11) is 0. The zero-order valence-electron chi connectivity index (χ0n) is 9.91. The molecule has 19 heavy (non-hydrogen) atoms. The Morgan fingerprint density at radius 1 is 1.47 bits per heavy atom. The number of nitrogens with one attached hydrogen (secondary N) is 2. The van der Waals surface area contributed by atoms with Crippen molar-refractivity contribution in [3.8, 4) is 0 Å². The minimum Gasteiger partial charge on any atom is -0.481 e. The molecule has 1 aromatic carbocycles. The lowest BCUT2D eigenvalue weighted by atomic mass is 10.2. The minimum absolute atomic E-state index is 0.156. The summed E-state index contributed by atoms with van der Waals surface area (Å²) in [6, 6.07) is 8.48. The van der Waals surface area contributed by atoms with Crippen molar-refractivity contribution in [1.82, 2.24) is 10.7 Å². The topological polar surface area (TPSA) is 103 Å². The average Bonchev–Trinajstić information content (AvgIpc) is 2.70. The van der Waals surface area contributed by atoms with Crippen LogP contribution in [0.25, 0.3) is 0 Å². The quantitative estimate of drug-likeness (QED) is 0.521. The fourth-order valence-electron chi connectivity index (χ4n) is 1.51. The number of carboxylic acid groups (broad SMARTS) is 1. The molecular formula is C12H12N4O3. The molecule has 0 bridgehead atoms. The van der Waals surface area contributed by atoms with Crippen molar-refractivity contribution in [1.29, 1.82) is 0 Å². The molecule has 1 amide bonds. The first-order chi connectivity index (χ1) is 9.15. The van der Waals surface area contributed by atoms with Gasteiger partial charge in [-0.3, -0.25) is 14.9 Å². The van der Waals surface area contributed by atoms with E-state index in [0.717, 1.165) is 5.56 Å². The van der Waals surface area contributed by atoms with Crippen LogP contribution < -0.4 is 10.7 Å². The van der Waals surface area contributed by atoms with Gasteiger partial charge in [0, 0.05) is 0 Å². The Morgan fingerprint density at radius 2 is 2.21 bits per heavy atom. The largest absolute Gasteiger partial charge is 0.481 e. The van der Waals surface area contributed by atoms with Crippen LogP contribution in [0.5, 0.6) is 0 Å². The van der Waals surface area contributed by atoms with Crippen LogP contribution in [-0.4, -0.2) is 35.2 Å². The van der Waals surface area contributed by atoms with E-state index in [1.807, 2.05) is 30.3 Å². The summed E-state index contributed by atoms with van der Waals surface area (Å²) in [5, 5.41) is 14.9. The summed E-state index contributed by atoms with van der Waals surface area (Å²) >= 11 is 0. The number of carbonyl (C=O) groups excluding carboxylic acids is 1. The van der Waals surface area contributed by atoms with Gasteiger partial charge in [0.15, 0.2) is 0 Å². The van der Waals surface area contributed by atoms with Gasteiger partial charge in [-0.15, -0.1) is 0 Å². The van der Waals surface area contributed by atoms with Gasteiger partial charge < -0.3 is 5.11 Å². The Morgan fingerprint density at radius 3 is 2.89 bits per heavy atom. The van der Waals surface area contributed by atoms with Gasteiger partial charge in [-0.05, 0) is 5.56 Å². The Kier molecular flexibility index (Phi) is 3.87. The molecule has 1 aliphatic rings. The van der Waals surface area contributed by atoms with Crippen LogP contribution in [0, 0.1) is 0 Å². The van der Waals surface area contributed by atoms with Crippen LogP contribution in [0.4, 0.5) is 0 Å². The number of guanidine groups is 1. The van der Waals surface area contributed by atoms with Gasteiger partial charge in [0.1, 0.15) is 6.04 Å². The predicted molar refractivity (Wildman–Crippen MR) is 68.8 cm³/mol. The first-order valence-electron chi connectivity index (χ1n) is 5.60. The maximum absolute atomic E-state index is 11.4. The van der Waals surface area contributed by atoms with Gasteiger partial charge >= 0.3 is 5.97 Å². The van der Waals surface area contributed by atoms with Gasteiger partial charge in [0.05, 0.1) is 12.6 Å². The number of hydrazone groups is 1. The molecule has 7 heteroatoms. The van der Waals surface area contributed by atoms with Crippen LogP contribution in [-0.2, 0) is 9.59 Å². The van der Waals surface area contributed by atoms with E-state index in [2.05, 4.69) is 20.8 Å². The highest BCUT2D eigenvalue weighted by Gasteiger charge is 2.28. The number of amides is 1. The van der Waals surface area contributed by atoms with Crippen molar-refractivity contribution < 1.29 is 14.7 Å². The Bertz CT molecular complexity index is 539. The number of nitrogens with zero attached hydrogens (tertiary/aromatic N) is 2. The molecule has 0 saturated heterocycles. The van der Waals surface area contributed by atoms with Crippen molar-refractivity contribution in [3.63, 3.8) is 0 Å². The SMILES string of the molecule is O=C(O)CC1N=C(NN=Cc2ccccc2)NC1=O. The lowest BCUT2D eigenvalue weighted by Crippen LogP contribution is -2.35. The smallest absolute Gasteiger partial charge is 0.306 e. The third-order valence-corrected chi connectivity index (χ3v) is 2.38. The number of benzene rings is 1. The van der Waals surface area contributed by atoms with Crippen LogP contribution >= 0.6 is 0 Å². The molecule has 1 unspecified atom stereocenters. The molecule has 1 aromatic rings. The summed E-state index contributed by atoms with van der Waals surface area (Å²) < 4.78 is 0. The maximum atomic E-state index is 11.4. The second kappa shape index (κ2) is 5.76. The van der Waals surface area contributed by atoms with Crippen molar-refractivity contribution in [2.24, 2.45) is 10.1 Å². The van der Waals surface area contributed by atoms with Crippen molar-refractivity contribution in [2.45, 2.75) is 12.5 Å². The van der Waals surface area contributed by atoms with Gasteiger partial charge in [0.2, 0.25) is 5.96 Å². The third-order valence-electron chi connectivity index (χ3n) is 2.38. The molecule has 2 rings (SSSR count). The molecule has 1 aliphatic heterocycles. The lowest BCUT2D eigenvalue weighted by Gasteiger charge is -1.98. The number of carboxylic acids is 1. The Balaban J connectivity index is 1.92. The molecule has 0 fully saturated rings. The molecule has 0 aromatic heterocycles. The first kappa shape index (κ1) is 12.7. The number of aliphatic imine (C=N–C) groups is 1. The highest BCUT2D eigenvalue weighted by atomic mass is 16.4. The Hall–Kier alpha value is -2.70. The van der Waals surface area contributed by atoms with E-state index in [4.69, 9.17) is 5.11 Å². The number of rotatable bonds is 4. The van der Waals surface area contributed by atoms with Crippen LogP contribution in [0.3, 0.4) is 0 Å². The molecule has 7 nitrogen and oxygen atoms in total.